The number of carboxylic acid groups (broad SMARTS) is 1. The largest absolute Gasteiger partial charge is 0.497 e. The number of anilines is 1. The van der Waals surface area contributed by atoms with E-state index in [1.165, 1.54) is 0 Å². The van der Waals surface area contributed by atoms with Gasteiger partial charge in [0.2, 0.25) is 0 Å². The van der Waals surface area contributed by atoms with E-state index in [0.29, 0.717) is 36.2 Å². The number of nitrogens with zero attached hydrogens (tertiary/aromatic N) is 3. The number of halogens is 1. The van der Waals surface area contributed by atoms with E-state index in [0.717, 1.165) is 53.4 Å². The molecule has 38 heavy (non-hydrogen) atoms. The number of carbonyl (C=O) groups excluding carboxylic acids is 1. The van der Waals surface area contributed by atoms with Crippen molar-refractivity contribution in [3.8, 4) is 11.5 Å². The zero-order valence-corrected chi connectivity index (χ0v) is 22.2. The molecular formula is C28H31ClN4O5. The molecule has 1 fully saturated rings. The number of amides is 3. The van der Waals surface area contributed by atoms with E-state index in [2.05, 4.69) is 10.3 Å². The molecule has 2 N–H and O–H groups in total. The van der Waals surface area contributed by atoms with Crippen molar-refractivity contribution in [2.45, 2.75) is 44.8 Å². The molecule has 3 aromatic rings. The van der Waals surface area contributed by atoms with E-state index in [1.807, 2.05) is 46.3 Å². The van der Waals surface area contributed by atoms with Gasteiger partial charge in [-0.1, -0.05) is 11.6 Å². The summed E-state index contributed by atoms with van der Waals surface area (Å²) in [5.74, 6) is 1.60. The van der Waals surface area contributed by atoms with Gasteiger partial charge >= 0.3 is 12.1 Å². The van der Waals surface area contributed by atoms with Crippen LogP contribution in [-0.4, -0.2) is 53.9 Å². The third-order valence-electron chi connectivity index (χ3n) is 7.53. The van der Waals surface area contributed by atoms with Crippen LogP contribution in [0.25, 0.3) is 10.9 Å². The maximum Gasteiger partial charge on any atom is 0.404 e. The Balaban J connectivity index is 1.49. The number of fused-ring (bicyclic) bond motifs is 3. The van der Waals surface area contributed by atoms with Crippen LogP contribution >= 0.6 is 11.6 Å². The van der Waals surface area contributed by atoms with E-state index in [9.17, 15) is 9.59 Å². The van der Waals surface area contributed by atoms with Gasteiger partial charge in [-0.15, -0.1) is 0 Å². The number of urea groups is 1. The maximum absolute atomic E-state index is 14.2. The Morgan fingerprint density at radius 1 is 1.13 bits per heavy atom. The molecule has 10 heteroatoms. The number of pyridine rings is 1. The number of aromatic nitrogens is 1. The fourth-order valence-electron chi connectivity index (χ4n) is 5.60. The molecule has 200 valence electrons. The van der Waals surface area contributed by atoms with Gasteiger partial charge in [0, 0.05) is 46.4 Å². The minimum Gasteiger partial charge on any atom is -0.497 e. The highest BCUT2D eigenvalue weighted by atomic mass is 35.5. The van der Waals surface area contributed by atoms with Crippen molar-refractivity contribution in [1.82, 2.24) is 15.2 Å². The monoisotopic (exact) mass is 538 g/mol. The van der Waals surface area contributed by atoms with Gasteiger partial charge in [0.1, 0.15) is 11.5 Å². The summed E-state index contributed by atoms with van der Waals surface area (Å²) in [5, 5.41) is 12.9. The van der Waals surface area contributed by atoms with Gasteiger partial charge in [0.15, 0.2) is 0 Å². The Morgan fingerprint density at radius 3 is 2.63 bits per heavy atom. The molecule has 2 aliphatic rings. The fourth-order valence-corrected chi connectivity index (χ4v) is 5.77. The molecule has 1 aromatic heterocycles. The van der Waals surface area contributed by atoms with Gasteiger partial charge in [-0.3, -0.25) is 9.88 Å². The van der Waals surface area contributed by atoms with E-state index in [-0.39, 0.29) is 18.0 Å². The Hall–Kier alpha value is -3.72. The number of carbonyl (C=O) groups is 2. The highest BCUT2D eigenvalue weighted by Gasteiger charge is 2.38. The van der Waals surface area contributed by atoms with Crippen LogP contribution in [0.15, 0.2) is 42.6 Å². The second-order valence-electron chi connectivity index (χ2n) is 9.84. The molecule has 0 spiro atoms. The highest BCUT2D eigenvalue weighted by Crippen LogP contribution is 2.41. The van der Waals surface area contributed by atoms with E-state index >= 15 is 0 Å². The second kappa shape index (κ2) is 10.9. The molecule has 1 saturated carbocycles. The summed E-state index contributed by atoms with van der Waals surface area (Å²) in [6, 6.07) is 11.1. The van der Waals surface area contributed by atoms with E-state index < -0.39 is 6.09 Å². The summed E-state index contributed by atoms with van der Waals surface area (Å²) in [6.45, 7) is 1.21. The number of benzene rings is 2. The minimum absolute atomic E-state index is 0.0209. The van der Waals surface area contributed by atoms with Gasteiger partial charge in [0.05, 0.1) is 38.5 Å². The van der Waals surface area contributed by atoms with E-state index in [4.69, 9.17) is 26.2 Å². The van der Waals surface area contributed by atoms with Crippen molar-refractivity contribution in [1.29, 1.82) is 0 Å². The van der Waals surface area contributed by atoms with Crippen molar-refractivity contribution in [3.63, 3.8) is 0 Å². The number of ether oxygens (including phenoxy) is 2. The summed E-state index contributed by atoms with van der Waals surface area (Å²) in [6.07, 6.45) is 4.07. The fraction of sp³-hybridized carbons (Fsp3) is 0.393. The molecule has 1 aliphatic carbocycles. The summed E-state index contributed by atoms with van der Waals surface area (Å²) in [4.78, 5) is 33.5. The highest BCUT2D eigenvalue weighted by molar-refractivity contribution is 6.31. The molecule has 0 unspecified atom stereocenters. The molecule has 2 heterocycles. The van der Waals surface area contributed by atoms with E-state index in [1.54, 1.807) is 20.3 Å². The first-order valence-electron chi connectivity index (χ1n) is 12.7. The van der Waals surface area contributed by atoms with Crippen LogP contribution in [0, 0.1) is 5.92 Å². The molecule has 0 saturated heterocycles. The Morgan fingerprint density at radius 2 is 1.92 bits per heavy atom. The topological polar surface area (TPSA) is 104 Å². The molecule has 0 bridgehead atoms. The predicted molar refractivity (Wildman–Crippen MR) is 145 cm³/mol. The SMILES string of the molecule is COc1ccc(CN2Cc3cnc4ccc(Cl)cc4c3N([C@H]3CC[C@H](CNC(=O)O)CC3)C2=O)c(OC)c1. The van der Waals surface area contributed by atoms with Gasteiger partial charge < -0.3 is 24.8 Å². The van der Waals surface area contributed by atoms with Crippen LogP contribution in [0.4, 0.5) is 15.3 Å². The van der Waals surface area contributed by atoms with Crippen molar-refractivity contribution in [3.05, 3.63) is 58.7 Å². The van der Waals surface area contributed by atoms with Crippen LogP contribution in [0.3, 0.4) is 0 Å². The first kappa shape index (κ1) is 25.9. The second-order valence-corrected chi connectivity index (χ2v) is 10.3. The predicted octanol–water partition coefficient (Wildman–Crippen LogP) is 5.67. The Labute approximate surface area is 226 Å². The molecule has 9 nitrogen and oxygen atoms in total. The molecule has 1 aliphatic heterocycles. The van der Waals surface area contributed by atoms with Crippen LogP contribution in [0.1, 0.15) is 36.8 Å². The molecule has 0 atom stereocenters. The zero-order valence-electron chi connectivity index (χ0n) is 21.4. The summed E-state index contributed by atoms with van der Waals surface area (Å²) >= 11 is 6.38. The minimum atomic E-state index is -1.01. The Bertz CT molecular complexity index is 1360. The lowest BCUT2D eigenvalue weighted by atomic mass is 9.84. The number of rotatable bonds is 7. The lowest BCUT2D eigenvalue weighted by Gasteiger charge is -2.44. The average Bonchev–Trinajstić information content (AvgIpc) is 2.93. The summed E-state index contributed by atoms with van der Waals surface area (Å²) < 4.78 is 10.9. The molecular weight excluding hydrogens is 508 g/mol. The average molecular weight is 539 g/mol. The van der Waals surface area contributed by atoms with Crippen LogP contribution in [-0.2, 0) is 13.1 Å². The van der Waals surface area contributed by atoms with Gasteiger partial charge in [-0.25, -0.2) is 9.59 Å². The molecule has 5 rings (SSSR count). The van der Waals surface area contributed by atoms with Crippen molar-refractivity contribution in [2.75, 3.05) is 25.7 Å². The molecule has 3 amide bonds. The number of hydrogen-bond acceptors (Lipinski definition) is 5. The Kier molecular flexibility index (Phi) is 7.46. The number of hydrogen-bond donors (Lipinski definition) is 2. The first-order valence-corrected chi connectivity index (χ1v) is 13.1. The van der Waals surface area contributed by atoms with Crippen molar-refractivity contribution in [2.24, 2.45) is 5.92 Å². The van der Waals surface area contributed by atoms with Crippen molar-refractivity contribution < 1.29 is 24.2 Å². The van der Waals surface area contributed by atoms with Gasteiger partial charge in [-0.05, 0) is 61.9 Å². The zero-order chi connectivity index (χ0) is 26.8. The van der Waals surface area contributed by atoms with Crippen LogP contribution < -0.4 is 19.7 Å². The number of methoxy groups -OCH3 is 2. The molecule has 2 aromatic carbocycles. The quantitative estimate of drug-likeness (QED) is 0.401. The standard InChI is InChI=1S/C28H31ClN4O5/c1-37-22-9-5-18(25(12-22)38-2)15-32-16-19-14-30-24-10-6-20(29)11-23(24)26(19)33(28(32)36)21-7-3-17(4-8-21)13-31-27(34)35/h5-6,9-12,14,17,21,31H,3-4,7-8,13,15-16H2,1-2H3,(H,34,35)/t17-,21-. The van der Waals surface area contributed by atoms with Crippen LogP contribution in [0.2, 0.25) is 5.02 Å². The first-order chi connectivity index (χ1) is 18.4. The third-order valence-corrected chi connectivity index (χ3v) is 7.77. The maximum atomic E-state index is 14.2. The number of nitrogens with one attached hydrogen (secondary N) is 1. The smallest absolute Gasteiger partial charge is 0.404 e. The lowest BCUT2D eigenvalue weighted by molar-refractivity contribution is 0.184. The summed E-state index contributed by atoms with van der Waals surface area (Å²) in [5.41, 5.74) is 3.50. The van der Waals surface area contributed by atoms with Gasteiger partial charge in [-0.2, -0.15) is 0 Å². The van der Waals surface area contributed by atoms with Crippen LogP contribution in [0.5, 0.6) is 11.5 Å². The van der Waals surface area contributed by atoms with Gasteiger partial charge in [0.25, 0.3) is 0 Å². The lowest BCUT2D eigenvalue weighted by Crippen LogP contribution is -2.52. The summed E-state index contributed by atoms with van der Waals surface area (Å²) in [7, 11) is 3.21. The third kappa shape index (κ3) is 5.15. The van der Waals surface area contributed by atoms with Crippen molar-refractivity contribution >= 4 is 40.3 Å². The molecule has 0 radical (unpaired) electrons. The normalized spacial score (nSPS) is 19.3.